The molecule has 2 aromatic rings. The highest BCUT2D eigenvalue weighted by atomic mass is 35.5. The van der Waals surface area contributed by atoms with Gasteiger partial charge in [0.2, 0.25) is 0 Å². The van der Waals surface area contributed by atoms with E-state index >= 15 is 0 Å². The number of hydrogen-bond donors (Lipinski definition) is 1. The predicted molar refractivity (Wildman–Crippen MR) is 95.5 cm³/mol. The summed E-state index contributed by atoms with van der Waals surface area (Å²) >= 11 is 7.54. The van der Waals surface area contributed by atoms with Crippen LogP contribution in [0.3, 0.4) is 0 Å². The molecule has 0 saturated carbocycles. The SMILES string of the molecule is CN1NC(c2ccc(Cl)cc2)=CSC1=NCc1ccccc1. The van der Waals surface area contributed by atoms with Crippen LogP contribution in [0, 0.1) is 0 Å². The molecule has 0 aromatic heterocycles. The van der Waals surface area contributed by atoms with Crippen LogP contribution >= 0.6 is 23.4 Å². The number of rotatable bonds is 3. The summed E-state index contributed by atoms with van der Waals surface area (Å²) in [5.74, 6) is 0. The summed E-state index contributed by atoms with van der Waals surface area (Å²) in [5.41, 5.74) is 6.69. The summed E-state index contributed by atoms with van der Waals surface area (Å²) in [4.78, 5) is 4.65. The first-order chi connectivity index (χ1) is 10.7. The first kappa shape index (κ1) is 15.0. The van der Waals surface area contributed by atoms with Crippen molar-refractivity contribution in [2.45, 2.75) is 6.54 Å². The van der Waals surface area contributed by atoms with E-state index in [1.807, 2.05) is 54.5 Å². The topological polar surface area (TPSA) is 27.6 Å². The molecule has 0 fully saturated rings. The van der Waals surface area contributed by atoms with Crippen molar-refractivity contribution < 1.29 is 0 Å². The van der Waals surface area contributed by atoms with Crippen LogP contribution < -0.4 is 5.43 Å². The third kappa shape index (κ3) is 3.64. The number of amidine groups is 1. The van der Waals surface area contributed by atoms with E-state index in [9.17, 15) is 0 Å². The summed E-state index contributed by atoms with van der Waals surface area (Å²) in [6, 6.07) is 18.0. The molecular weight excluding hydrogens is 314 g/mol. The highest BCUT2D eigenvalue weighted by Crippen LogP contribution is 2.24. The van der Waals surface area contributed by atoms with Gasteiger partial charge in [0.05, 0.1) is 12.2 Å². The van der Waals surface area contributed by atoms with E-state index < -0.39 is 0 Å². The Kier molecular flexibility index (Phi) is 4.71. The van der Waals surface area contributed by atoms with E-state index in [-0.39, 0.29) is 0 Å². The molecule has 0 spiro atoms. The summed E-state index contributed by atoms with van der Waals surface area (Å²) in [5, 5.41) is 5.71. The van der Waals surface area contributed by atoms with Crippen molar-refractivity contribution in [3.8, 4) is 0 Å². The molecule has 0 atom stereocenters. The number of aliphatic imine (C=N–C) groups is 1. The van der Waals surface area contributed by atoms with Crippen molar-refractivity contribution in [2.75, 3.05) is 7.05 Å². The maximum Gasteiger partial charge on any atom is 0.182 e. The summed E-state index contributed by atoms with van der Waals surface area (Å²) in [6.07, 6.45) is 0. The van der Waals surface area contributed by atoms with Gasteiger partial charge in [0, 0.05) is 23.0 Å². The lowest BCUT2D eigenvalue weighted by Gasteiger charge is -2.28. The number of nitrogens with zero attached hydrogens (tertiary/aromatic N) is 2. The fourth-order valence-electron chi connectivity index (χ4n) is 2.09. The van der Waals surface area contributed by atoms with Gasteiger partial charge in [-0.25, -0.2) is 0 Å². The molecule has 1 aliphatic heterocycles. The molecule has 112 valence electrons. The molecule has 0 saturated heterocycles. The highest BCUT2D eigenvalue weighted by molar-refractivity contribution is 8.16. The normalized spacial score (nSPS) is 16.4. The Bertz CT molecular complexity index is 696. The van der Waals surface area contributed by atoms with E-state index in [0.29, 0.717) is 6.54 Å². The second-order valence-electron chi connectivity index (χ2n) is 4.91. The Morgan fingerprint density at radius 3 is 2.50 bits per heavy atom. The van der Waals surface area contributed by atoms with Crippen LogP contribution in [-0.2, 0) is 6.54 Å². The van der Waals surface area contributed by atoms with Gasteiger partial charge in [-0.05, 0) is 17.7 Å². The van der Waals surface area contributed by atoms with Crippen LogP contribution in [0.4, 0.5) is 0 Å². The van der Waals surface area contributed by atoms with E-state index in [4.69, 9.17) is 11.6 Å². The molecule has 0 amide bonds. The molecule has 2 aromatic carbocycles. The van der Waals surface area contributed by atoms with E-state index in [1.54, 1.807) is 11.8 Å². The maximum absolute atomic E-state index is 5.93. The van der Waals surface area contributed by atoms with E-state index in [1.165, 1.54) is 5.56 Å². The number of thioether (sulfide) groups is 1. The van der Waals surface area contributed by atoms with Crippen molar-refractivity contribution in [3.63, 3.8) is 0 Å². The fraction of sp³-hybridized carbons (Fsp3) is 0.118. The Balaban J connectivity index is 1.71. The highest BCUT2D eigenvalue weighted by Gasteiger charge is 2.15. The third-order valence-electron chi connectivity index (χ3n) is 3.25. The Morgan fingerprint density at radius 2 is 1.82 bits per heavy atom. The molecule has 1 aliphatic rings. The number of hydrogen-bond acceptors (Lipinski definition) is 3. The van der Waals surface area contributed by atoms with E-state index in [2.05, 4.69) is 28.0 Å². The monoisotopic (exact) mass is 329 g/mol. The molecule has 1 heterocycles. The number of benzene rings is 2. The lowest BCUT2D eigenvalue weighted by atomic mass is 10.2. The number of nitrogens with one attached hydrogen (secondary N) is 1. The van der Waals surface area contributed by atoms with Crippen molar-refractivity contribution in [1.29, 1.82) is 0 Å². The molecule has 5 heteroatoms. The van der Waals surface area contributed by atoms with Gasteiger partial charge in [-0.2, -0.15) is 0 Å². The molecule has 0 radical (unpaired) electrons. The van der Waals surface area contributed by atoms with Gasteiger partial charge in [0.15, 0.2) is 5.17 Å². The average molecular weight is 330 g/mol. The van der Waals surface area contributed by atoms with Gasteiger partial charge < -0.3 is 0 Å². The predicted octanol–water partition coefficient (Wildman–Crippen LogP) is 4.38. The van der Waals surface area contributed by atoms with Gasteiger partial charge in [-0.15, -0.1) is 0 Å². The standard InChI is InChI=1S/C17H16ClN3S/c1-21-17(19-11-13-5-3-2-4-6-13)22-12-16(20-21)14-7-9-15(18)10-8-14/h2-10,12,20H,11H2,1H3. The summed E-state index contributed by atoms with van der Waals surface area (Å²) < 4.78 is 0. The number of halogens is 1. The zero-order chi connectivity index (χ0) is 15.4. The van der Waals surface area contributed by atoms with Gasteiger partial charge in [0.25, 0.3) is 0 Å². The van der Waals surface area contributed by atoms with E-state index in [0.717, 1.165) is 21.5 Å². The first-order valence-electron chi connectivity index (χ1n) is 6.94. The molecule has 3 nitrogen and oxygen atoms in total. The second-order valence-corrected chi connectivity index (χ2v) is 6.18. The van der Waals surface area contributed by atoms with Gasteiger partial charge in [-0.3, -0.25) is 15.4 Å². The van der Waals surface area contributed by atoms with Crippen molar-refractivity contribution >= 4 is 34.2 Å². The molecule has 0 unspecified atom stereocenters. The maximum atomic E-state index is 5.93. The van der Waals surface area contributed by atoms with Crippen molar-refractivity contribution in [2.24, 2.45) is 4.99 Å². The second kappa shape index (κ2) is 6.90. The fourth-order valence-corrected chi connectivity index (χ4v) is 2.97. The average Bonchev–Trinajstić information content (AvgIpc) is 2.55. The van der Waals surface area contributed by atoms with Gasteiger partial charge in [0.1, 0.15) is 0 Å². The molecule has 1 N–H and O–H groups in total. The lowest BCUT2D eigenvalue weighted by molar-refractivity contribution is 0.450. The van der Waals surface area contributed by atoms with Crippen LogP contribution in [0.1, 0.15) is 11.1 Å². The minimum absolute atomic E-state index is 0.680. The lowest BCUT2D eigenvalue weighted by Crippen LogP contribution is -2.39. The smallest absolute Gasteiger partial charge is 0.182 e. The van der Waals surface area contributed by atoms with Crippen LogP contribution in [0.5, 0.6) is 0 Å². The minimum atomic E-state index is 0.680. The van der Waals surface area contributed by atoms with Crippen LogP contribution in [0.25, 0.3) is 5.70 Å². The Morgan fingerprint density at radius 1 is 1.09 bits per heavy atom. The minimum Gasteiger partial charge on any atom is -0.296 e. The van der Waals surface area contributed by atoms with Crippen molar-refractivity contribution in [3.05, 3.63) is 76.2 Å². The van der Waals surface area contributed by atoms with Crippen LogP contribution in [0.15, 0.2) is 65.0 Å². The Hall–Kier alpha value is -1.91. The number of hydrazine groups is 1. The first-order valence-corrected chi connectivity index (χ1v) is 8.19. The quantitative estimate of drug-likeness (QED) is 0.905. The summed E-state index contributed by atoms with van der Waals surface area (Å²) in [6.45, 7) is 0.680. The molecule has 0 bridgehead atoms. The van der Waals surface area contributed by atoms with Gasteiger partial charge in [-0.1, -0.05) is 65.8 Å². The molecule has 0 aliphatic carbocycles. The molecule has 22 heavy (non-hydrogen) atoms. The zero-order valence-corrected chi connectivity index (χ0v) is 13.7. The third-order valence-corrected chi connectivity index (χ3v) is 4.47. The largest absolute Gasteiger partial charge is 0.296 e. The molecular formula is C17H16ClN3S. The Labute approximate surface area is 139 Å². The van der Waals surface area contributed by atoms with Crippen molar-refractivity contribution in [1.82, 2.24) is 10.4 Å². The zero-order valence-electron chi connectivity index (χ0n) is 12.2. The van der Waals surface area contributed by atoms with Crippen LogP contribution in [0.2, 0.25) is 5.02 Å². The summed E-state index contributed by atoms with van der Waals surface area (Å²) in [7, 11) is 1.97. The van der Waals surface area contributed by atoms with Gasteiger partial charge >= 0.3 is 0 Å². The van der Waals surface area contributed by atoms with Crippen LogP contribution in [-0.4, -0.2) is 17.2 Å². The molecule has 3 rings (SSSR count).